The Hall–Kier alpha value is -4.33. The van der Waals surface area contributed by atoms with Crippen molar-refractivity contribution in [2.24, 2.45) is 5.10 Å². The van der Waals surface area contributed by atoms with Gasteiger partial charge in [-0.05, 0) is 48.5 Å². The van der Waals surface area contributed by atoms with E-state index in [0.717, 1.165) is 12.1 Å². The summed E-state index contributed by atoms with van der Waals surface area (Å²) >= 11 is 6.52. The lowest BCUT2D eigenvalue weighted by Gasteiger charge is -2.31. The molecule has 1 N–H and O–H groups in total. The number of morpholine rings is 1. The molecule has 47 heavy (non-hydrogen) atoms. The highest BCUT2D eigenvalue weighted by Gasteiger charge is 2.37. The van der Waals surface area contributed by atoms with Crippen molar-refractivity contribution in [1.82, 2.24) is 14.8 Å². The maximum atomic E-state index is 14.2. The van der Waals surface area contributed by atoms with Gasteiger partial charge >= 0.3 is 12.2 Å². The highest BCUT2D eigenvalue weighted by atomic mass is 35.5. The summed E-state index contributed by atoms with van der Waals surface area (Å²) in [6.07, 6.45) is -4.20. The van der Waals surface area contributed by atoms with Crippen molar-refractivity contribution in [3.63, 3.8) is 0 Å². The van der Waals surface area contributed by atoms with E-state index >= 15 is 0 Å². The Labute approximate surface area is 275 Å². The highest BCUT2D eigenvalue weighted by Crippen LogP contribution is 2.40. The summed E-state index contributed by atoms with van der Waals surface area (Å²) in [7, 11) is 3.07. The van der Waals surface area contributed by atoms with Gasteiger partial charge in [-0.1, -0.05) is 29.8 Å². The van der Waals surface area contributed by atoms with E-state index in [1.54, 1.807) is 30.3 Å². The summed E-state index contributed by atoms with van der Waals surface area (Å²) in [5.74, 6) is 0.599. The zero-order valence-corrected chi connectivity index (χ0v) is 26.7. The number of amides is 3. The van der Waals surface area contributed by atoms with Crippen molar-refractivity contribution >= 4 is 34.9 Å². The predicted molar refractivity (Wildman–Crippen MR) is 171 cm³/mol. The summed E-state index contributed by atoms with van der Waals surface area (Å²) < 4.78 is 55.8. The van der Waals surface area contributed by atoms with Gasteiger partial charge in [0.2, 0.25) is 0 Å². The number of ether oxygens (including phenoxy) is 3. The maximum Gasteiger partial charge on any atom is 0.416 e. The lowest BCUT2D eigenvalue weighted by Crippen LogP contribution is -2.47. The molecular formula is C33H35ClF3N5O5. The first kappa shape index (κ1) is 34.0. The molecule has 0 radical (unpaired) electrons. The van der Waals surface area contributed by atoms with E-state index in [-0.39, 0.29) is 18.8 Å². The number of nitrogens with one attached hydrogen (secondary N) is 1. The smallest absolute Gasteiger partial charge is 0.416 e. The van der Waals surface area contributed by atoms with Gasteiger partial charge in [-0.3, -0.25) is 9.69 Å². The second kappa shape index (κ2) is 15.1. The van der Waals surface area contributed by atoms with Crippen molar-refractivity contribution in [3.05, 3.63) is 88.4 Å². The maximum absolute atomic E-state index is 14.2. The largest absolute Gasteiger partial charge is 0.497 e. The molecule has 1 fully saturated rings. The lowest BCUT2D eigenvalue weighted by atomic mass is 9.97. The van der Waals surface area contributed by atoms with E-state index in [1.807, 2.05) is 12.1 Å². The molecule has 0 saturated carbocycles. The van der Waals surface area contributed by atoms with Crippen LogP contribution in [0.2, 0.25) is 5.02 Å². The Bertz CT molecular complexity index is 1600. The molecule has 1 unspecified atom stereocenters. The summed E-state index contributed by atoms with van der Waals surface area (Å²) in [5.41, 5.74) is 1.22. The zero-order valence-electron chi connectivity index (χ0n) is 25.9. The Morgan fingerprint density at radius 2 is 1.77 bits per heavy atom. The molecule has 0 aliphatic carbocycles. The molecule has 2 aliphatic heterocycles. The van der Waals surface area contributed by atoms with Crippen LogP contribution < -0.4 is 14.8 Å². The van der Waals surface area contributed by atoms with E-state index < -0.39 is 29.7 Å². The molecule has 3 aromatic carbocycles. The van der Waals surface area contributed by atoms with Crippen LogP contribution in [0.15, 0.2) is 71.8 Å². The monoisotopic (exact) mass is 673 g/mol. The molecular weight excluding hydrogens is 639 g/mol. The van der Waals surface area contributed by atoms with Gasteiger partial charge in [0.1, 0.15) is 18.0 Å². The first-order chi connectivity index (χ1) is 22.6. The van der Waals surface area contributed by atoms with Gasteiger partial charge in [0.15, 0.2) is 0 Å². The van der Waals surface area contributed by atoms with Crippen molar-refractivity contribution in [2.45, 2.75) is 18.6 Å². The number of urea groups is 1. The van der Waals surface area contributed by atoms with Crippen LogP contribution in [0.4, 0.5) is 23.7 Å². The number of rotatable bonds is 10. The Morgan fingerprint density at radius 3 is 2.43 bits per heavy atom. The Balaban J connectivity index is 1.43. The van der Waals surface area contributed by atoms with Crippen LogP contribution in [-0.4, -0.2) is 92.6 Å². The highest BCUT2D eigenvalue weighted by molar-refractivity contribution is 6.34. The quantitative estimate of drug-likeness (QED) is 0.287. The summed E-state index contributed by atoms with van der Waals surface area (Å²) in [4.78, 5) is 31.2. The predicted octanol–water partition coefficient (Wildman–Crippen LogP) is 5.92. The van der Waals surface area contributed by atoms with Gasteiger partial charge in [0.05, 0.1) is 44.8 Å². The van der Waals surface area contributed by atoms with Gasteiger partial charge < -0.3 is 24.4 Å². The second-order valence-electron chi connectivity index (χ2n) is 11.0. The number of carbonyl (C=O) groups excluding carboxylic acids is 2. The number of carbonyl (C=O) groups is 2. The summed E-state index contributed by atoms with van der Waals surface area (Å²) in [6.45, 7) is 2.69. The van der Waals surface area contributed by atoms with Crippen molar-refractivity contribution in [1.29, 1.82) is 0 Å². The fourth-order valence-electron chi connectivity index (χ4n) is 5.46. The minimum Gasteiger partial charge on any atom is -0.497 e. The van der Waals surface area contributed by atoms with Crippen LogP contribution in [0.3, 0.4) is 0 Å². The van der Waals surface area contributed by atoms with E-state index in [2.05, 4.69) is 10.2 Å². The number of anilines is 1. The van der Waals surface area contributed by atoms with Gasteiger partial charge in [-0.2, -0.15) is 18.3 Å². The molecule has 0 aromatic heterocycles. The molecule has 14 heteroatoms. The van der Waals surface area contributed by atoms with Gasteiger partial charge in [0, 0.05) is 54.4 Å². The third kappa shape index (κ3) is 8.34. The summed E-state index contributed by atoms with van der Waals surface area (Å²) in [5, 5.41) is 9.16. The average Bonchev–Trinajstić information content (AvgIpc) is 3.52. The third-order valence-corrected chi connectivity index (χ3v) is 8.34. The number of alkyl halides is 3. The van der Waals surface area contributed by atoms with Gasteiger partial charge in [0.25, 0.3) is 5.91 Å². The molecule has 250 valence electrons. The molecule has 10 nitrogen and oxygen atoms in total. The average molecular weight is 674 g/mol. The minimum absolute atomic E-state index is 0.158. The van der Waals surface area contributed by atoms with Crippen LogP contribution in [0, 0.1) is 0 Å². The van der Waals surface area contributed by atoms with E-state index in [9.17, 15) is 22.8 Å². The molecule has 2 aliphatic rings. The molecule has 5 rings (SSSR count). The first-order valence-electron chi connectivity index (χ1n) is 15.0. The normalized spacial score (nSPS) is 16.9. The molecule has 2 heterocycles. The van der Waals surface area contributed by atoms with E-state index in [1.165, 1.54) is 36.3 Å². The Morgan fingerprint density at radius 1 is 1.04 bits per heavy atom. The number of hydrazone groups is 1. The number of hydrogen-bond acceptors (Lipinski definition) is 7. The van der Waals surface area contributed by atoms with Crippen LogP contribution in [0.5, 0.6) is 11.5 Å². The number of methoxy groups -OCH3 is 2. The molecule has 3 amide bonds. The van der Waals surface area contributed by atoms with Crippen LogP contribution in [0.25, 0.3) is 0 Å². The number of benzene rings is 3. The van der Waals surface area contributed by atoms with E-state index in [4.69, 9.17) is 30.9 Å². The fourth-order valence-corrected chi connectivity index (χ4v) is 5.71. The van der Waals surface area contributed by atoms with Crippen LogP contribution in [-0.2, 0) is 15.7 Å². The SMILES string of the molecule is COc1ccc(OC)c(C2CC(c3ccccc3Cl)=NN2C(=O)CN(CCN2CCOCC2)C(=O)Nc2ccc(C(F)(F)F)cc2)c1. The summed E-state index contributed by atoms with van der Waals surface area (Å²) in [6, 6.07) is 15.3. The van der Waals surface area contributed by atoms with Gasteiger partial charge in [-0.15, -0.1) is 0 Å². The number of halogens is 4. The first-order valence-corrected chi connectivity index (χ1v) is 15.3. The Kier molecular flexibility index (Phi) is 10.9. The molecule has 0 spiro atoms. The van der Waals surface area contributed by atoms with Crippen molar-refractivity contribution < 1.29 is 37.0 Å². The van der Waals surface area contributed by atoms with Gasteiger partial charge in [-0.25, -0.2) is 9.80 Å². The molecule has 1 saturated heterocycles. The lowest BCUT2D eigenvalue weighted by molar-refractivity contribution is -0.137. The van der Waals surface area contributed by atoms with Crippen LogP contribution in [0.1, 0.15) is 29.2 Å². The topological polar surface area (TPSA) is 95.9 Å². The molecule has 1 atom stereocenters. The third-order valence-electron chi connectivity index (χ3n) is 8.01. The van der Waals surface area contributed by atoms with Crippen molar-refractivity contribution in [2.75, 3.05) is 65.5 Å². The standard InChI is InChI=1S/C33H35ClF3N5O5/c1-45-24-11-12-30(46-2)26(19-24)29-20-28(25-5-3-4-6-27(25)34)39-42(29)31(43)21-41(14-13-40-15-17-47-18-16-40)32(44)38-23-9-7-22(8-10-23)33(35,36)37/h3-12,19,29H,13-18,20-21H2,1-2H3,(H,38,44). The zero-order chi connectivity index (χ0) is 33.6. The fraction of sp³-hybridized carbons (Fsp3) is 0.364. The van der Waals surface area contributed by atoms with Crippen LogP contribution >= 0.6 is 11.6 Å². The van der Waals surface area contributed by atoms with Crippen molar-refractivity contribution in [3.8, 4) is 11.5 Å². The molecule has 0 bridgehead atoms. The number of nitrogens with zero attached hydrogens (tertiary/aromatic N) is 4. The van der Waals surface area contributed by atoms with E-state index in [0.29, 0.717) is 72.6 Å². The second-order valence-corrected chi connectivity index (χ2v) is 11.4. The minimum atomic E-state index is -4.51. The molecule has 3 aromatic rings. The number of hydrogen-bond donors (Lipinski definition) is 1.